The maximum Gasteiger partial charge on any atom is 0.413 e. The van der Waals surface area contributed by atoms with Crippen LogP contribution in [0, 0.1) is 12.7 Å². The minimum atomic E-state index is -0.622. The average Bonchev–Trinajstić information content (AvgIpc) is 3.67. The van der Waals surface area contributed by atoms with Crippen LogP contribution in [0.15, 0.2) is 24.5 Å². The number of amides is 1. The number of hydrogen-bond acceptors (Lipinski definition) is 8. The van der Waals surface area contributed by atoms with Crippen LogP contribution in [0.2, 0.25) is 0 Å². The van der Waals surface area contributed by atoms with Crippen molar-refractivity contribution in [2.45, 2.75) is 38.7 Å². The first-order valence-electron chi connectivity index (χ1n) is 11.8. The smallest absolute Gasteiger partial charge is 0.413 e. The van der Waals surface area contributed by atoms with E-state index in [0.29, 0.717) is 60.6 Å². The minimum absolute atomic E-state index is 0.0245. The van der Waals surface area contributed by atoms with E-state index in [1.165, 1.54) is 25.5 Å². The lowest BCUT2D eigenvalue weighted by Crippen LogP contribution is -2.22. The van der Waals surface area contributed by atoms with Crippen LogP contribution in [0.5, 0.6) is 5.88 Å². The molecule has 0 spiro atoms. The summed E-state index contributed by atoms with van der Waals surface area (Å²) in [5.41, 5.74) is 8.53. The zero-order valence-electron chi connectivity index (χ0n) is 19.5. The molecule has 4 heterocycles. The molecule has 2 aromatic heterocycles. The number of carbonyl (C=O) groups is 1. The average molecular weight is 482 g/mol. The summed E-state index contributed by atoms with van der Waals surface area (Å²) in [7, 11) is 0. The second-order valence-electron chi connectivity index (χ2n) is 8.77. The molecule has 1 aliphatic carbocycles. The van der Waals surface area contributed by atoms with Gasteiger partial charge in [0.05, 0.1) is 18.9 Å². The Kier molecular flexibility index (Phi) is 6.54. The highest BCUT2D eigenvalue weighted by molar-refractivity contribution is 5.99. The number of fused-ring (bicyclic) bond motifs is 2. The Bertz CT molecular complexity index is 1260. The first kappa shape index (κ1) is 23.1. The molecule has 6 rings (SSSR count). The highest BCUT2D eigenvalue weighted by Crippen LogP contribution is 2.39. The maximum atomic E-state index is 15.2. The van der Waals surface area contributed by atoms with Crippen molar-refractivity contribution in [2.75, 3.05) is 42.7 Å². The van der Waals surface area contributed by atoms with Crippen LogP contribution in [-0.2, 0) is 9.47 Å². The third kappa shape index (κ3) is 5.07. The maximum absolute atomic E-state index is 15.2. The molecule has 184 valence electrons. The Morgan fingerprint density at radius 3 is 2.77 bits per heavy atom. The number of nitrogens with two attached hydrogens (primary N) is 1. The van der Waals surface area contributed by atoms with Gasteiger partial charge in [-0.15, -0.1) is 0 Å². The number of hydrogen-bond donors (Lipinski definition) is 3. The largest absolute Gasteiger partial charge is 0.474 e. The SMILES string of the molecule is C1CC1.Cc1c(-c2cc3cc(NC(=O)OC4CCOC4)ncc3c(N)c2F)cnc2c1NCCO2. The van der Waals surface area contributed by atoms with Gasteiger partial charge in [0.1, 0.15) is 24.2 Å². The Morgan fingerprint density at radius 2 is 2.03 bits per heavy atom. The highest BCUT2D eigenvalue weighted by Gasteiger charge is 2.22. The van der Waals surface area contributed by atoms with Crippen molar-refractivity contribution in [3.63, 3.8) is 0 Å². The molecule has 1 saturated heterocycles. The van der Waals surface area contributed by atoms with Gasteiger partial charge >= 0.3 is 6.09 Å². The van der Waals surface area contributed by atoms with E-state index in [1.54, 1.807) is 18.3 Å². The van der Waals surface area contributed by atoms with Gasteiger partial charge in [0.2, 0.25) is 5.88 Å². The number of anilines is 3. The molecule has 9 nitrogen and oxygen atoms in total. The van der Waals surface area contributed by atoms with Crippen molar-refractivity contribution in [3.05, 3.63) is 35.9 Å². The normalized spacial score (nSPS) is 17.9. The van der Waals surface area contributed by atoms with Crippen molar-refractivity contribution in [1.82, 2.24) is 9.97 Å². The number of aromatic nitrogens is 2. The number of nitrogens with one attached hydrogen (secondary N) is 2. The van der Waals surface area contributed by atoms with Crippen molar-refractivity contribution in [1.29, 1.82) is 0 Å². The van der Waals surface area contributed by atoms with Gasteiger partial charge in [0.25, 0.3) is 0 Å². The van der Waals surface area contributed by atoms with Crippen LogP contribution < -0.4 is 21.1 Å². The molecule has 1 saturated carbocycles. The Labute approximate surface area is 202 Å². The van der Waals surface area contributed by atoms with Crippen LogP contribution in [0.4, 0.5) is 26.4 Å². The molecule has 10 heteroatoms. The van der Waals surface area contributed by atoms with Gasteiger partial charge in [-0.2, -0.15) is 0 Å². The summed E-state index contributed by atoms with van der Waals surface area (Å²) in [4.78, 5) is 20.7. The summed E-state index contributed by atoms with van der Waals surface area (Å²) in [6.45, 7) is 3.99. The zero-order chi connectivity index (χ0) is 24.4. The van der Waals surface area contributed by atoms with Crippen molar-refractivity contribution in [2.24, 2.45) is 0 Å². The highest BCUT2D eigenvalue weighted by atomic mass is 19.1. The molecule has 3 aliphatic rings. The first-order chi connectivity index (χ1) is 17.0. The van der Waals surface area contributed by atoms with Crippen molar-refractivity contribution >= 4 is 34.1 Å². The monoisotopic (exact) mass is 481 g/mol. The van der Waals surface area contributed by atoms with E-state index in [-0.39, 0.29) is 17.6 Å². The van der Waals surface area contributed by atoms with Gasteiger partial charge < -0.3 is 25.3 Å². The van der Waals surface area contributed by atoms with E-state index in [9.17, 15) is 4.79 Å². The standard InChI is InChI=1S/C22H22FN5O4.C3H6/c1-11-15(8-27-21-20(11)25-3-5-31-21)14-6-12-7-17(26-9-16(12)19(24)18(14)23)28-22(29)32-13-2-4-30-10-13;1-2-3-1/h6-9,13,25H,2-5,10,24H2,1H3,(H,26,28,29);1-3H2. The summed E-state index contributed by atoms with van der Waals surface area (Å²) in [5, 5.41) is 6.92. The molecule has 0 radical (unpaired) electrons. The predicted molar refractivity (Wildman–Crippen MR) is 131 cm³/mol. The molecule has 0 bridgehead atoms. The molecule has 2 fully saturated rings. The third-order valence-electron chi connectivity index (χ3n) is 5.98. The van der Waals surface area contributed by atoms with Gasteiger partial charge in [-0.3, -0.25) is 5.32 Å². The fraction of sp³-hybridized carbons (Fsp3) is 0.400. The van der Waals surface area contributed by atoms with Crippen LogP contribution in [0.25, 0.3) is 21.9 Å². The molecular formula is C25H28FN5O4. The molecule has 1 amide bonds. The van der Waals surface area contributed by atoms with E-state index in [0.717, 1.165) is 11.3 Å². The molecule has 1 atom stereocenters. The summed E-state index contributed by atoms with van der Waals surface area (Å²) in [5.74, 6) is 0.212. The van der Waals surface area contributed by atoms with E-state index >= 15 is 4.39 Å². The van der Waals surface area contributed by atoms with Crippen LogP contribution in [0.3, 0.4) is 0 Å². The van der Waals surface area contributed by atoms with Gasteiger partial charge in [0, 0.05) is 41.9 Å². The second kappa shape index (κ2) is 9.91. The predicted octanol–water partition coefficient (Wildman–Crippen LogP) is 4.64. The zero-order valence-corrected chi connectivity index (χ0v) is 19.5. The molecule has 4 N–H and O–H groups in total. The number of nitrogen functional groups attached to an aromatic ring is 1. The summed E-state index contributed by atoms with van der Waals surface area (Å²) >= 11 is 0. The molecule has 3 aromatic rings. The minimum Gasteiger partial charge on any atom is -0.474 e. The number of carbonyl (C=O) groups excluding carboxylic acids is 1. The van der Waals surface area contributed by atoms with E-state index < -0.39 is 11.9 Å². The number of nitrogens with zero attached hydrogens (tertiary/aromatic N) is 2. The molecule has 1 aromatic carbocycles. The molecule has 1 unspecified atom stereocenters. The molecule has 2 aliphatic heterocycles. The van der Waals surface area contributed by atoms with Gasteiger partial charge in [-0.25, -0.2) is 19.2 Å². The fourth-order valence-corrected chi connectivity index (χ4v) is 3.95. The summed E-state index contributed by atoms with van der Waals surface area (Å²) < 4.78 is 31.3. The van der Waals surface area contributed by atoms with Crippen molar-refractivity contribution in [3.8, 4) is 17.0 Å². The second-order valence-corrected chi connectivity index (χ2v) is 8.77. The van der Waals surface area contributed by atoms with Gasteiger partial charge in [0.15, 0.2) is 5.82 Å². The van der Waals surface area contributed by atoms with Crippen LogP contribution in [0.1, 0.15) is 31.2 Å². The molecule has 35 heavy (non-hydrogen) atoms. The van der Waals surface area contributed by atoms with Gasteiger partial charge in [-0.1, -0.05) is 19.3 Å². The quantitative estimate of drug-likeness (QED) is 0.463. The number of pyridine rings is 2. The van der Waals surface area contributed by atoms with Crippen LogP contribution in [-0.4, -0.2) is 48.5 Å². The number of rotatable bonds is 3. The number of benzene rings is 1. The Morgan fingerprint density at radius 1 is 1.20 bits per heavy atom. The van der Waals surface area contributed by atoms with E-state index in [2.05, 4.69) is 20.6 Å². The van der Waals surface area contributed by atoms with E-state index in [4.69, 9.17) is 19.9 Å². The number of halogens is 1. The first-order valence-corrected chi connectivity index (χ1v) is 11.8. The van der Waals surface area contributed by atoms with E-state index in [1.807, 2.05) is 6.92 Å². The number of ether oxygens (including phenoxy) is 3. The lowest BCUT2D eigenvalue weighted by molar-refractivity contribution is 0.0931. The molecular weight excluding hydrogens is 453 g/mol. The summed E-state index contributed by atoms with van der Waals surface area (Å²) in [6, 6.07) is 3.30. The van der Waals surface area contributed by atoms with Gasteiger partial charge in [-0.05, 0) is 30.0 Å². The lowest BCUT2D eigenvalue weighted by atomic mass is 9.97. The summed E-state index contributed by atoms with van der Waals surface area (Å²) in [6.07, 6.45) is 7.27. The van der Waals surface area contributed by atoms with Crippen LogP contribution >= 0.6 is 0 Å². The Hall–Kier alpha value is -3.66. The fourth-order valence-electron chi connectivity index (χ4n) is 3.95. The van der Waals surface area contributed by atoms with Crippen molar-refractivity contribution < 1.29 is 23.4 Å². The topological polar surface area (TPSA) is 121 Å². The third-order valence-corrected chi connectivity index (χ3v) is 5.98. The Balaban J connectivity index is 0.000000786. The lowest BCUT2D eigenvalue weighted by Gasteiger charge is -2.22.